The molecule has 25 heavy (non-hydrogen) atoms. The second kappa shape index (κ2) is 13.5. The average Bonchev–Trinajstić information content (AvgIpc) is 2.53. The third kappa shape index (κ3) is 8.98. The summed E-state index contributed by atoms with van der Waals surface area (Å²) in [6, 6.07) is 0. The molecule has 144 valence electrons. The number of unbranched alkanes of at least 4 members (excludes halogenated alkanes) is 6. The molecule has 1 N–H and O–H groups in total. The molecule has 1 nitrogen and oxygen atoms in total. The lowest BCUT2D eigenvalue weighted by atomic mass is 10.1. The quantitative estimate of drug-likeness (QED) is 0.246. The molecule has 0 spiro atoms. The first-order valence-corrected chi connectivity index (χ1v) is 12.7. The van der Waals surface area contributed by atoms with Gasteiger partial charge in [0.1, 0.15) is 14.2 Å². The maximum absolute atomic E-state index is 10.0. The van der Waals surface area contributed by atoms with E-state index in [-0.39, 0.29) is 0 Å². The van der Waals surface area contributed by atoms with Crippen molar-refractivity contribution in [3.63, 3.8) is 0 Å². The summed E-state index contributed by atoms with van der Waals surface area (Å²) in [5, 5.41) is 10.0. The molecule has 0 bridgehead atoms. The van der Waals surface area contributed by atoms with Gasteiger partial charge in [0.2, 0.25) is 0 Å². The number of aliphatic hydroxyl groups excluding tert-OH is 1. The maximum atomic E-state index is 10.0. The van der Waals surface area contributed by atoms with Crippen LogP contribution in [0.25, 0.3) is 0 Å². The van der Waals surface area contributed by atoms with Crippen LogP contribution in [0, 0.1) is 23.3 Å². The smallest absolute Gasteiger partial charge is 0.147 e. The van der Waals surface area contributed by atoms with E-state index >= 15 is 0 Å². The van der Waals surface area contributed by atoms with Gasteiger partial charge in [-0.2, -0.15) is 0 Å². The van der Waals surface area contributed by atoms with Gasteiger partial charge in [-0.1, -0.05) is 92.9 Å². The number of aliphatic hydroxyl groups is 1. The Kier molecular flexibility index (Phi) is 13.1. The maximum Gasteiger partial charge on any atom is 0.147 e. The lowest BCUT2D eigenvalue weighted by Gasteiger charge is -2.37. The van der Waals surface area contributed by atoms with Crippen LogP contribution in [-0.2, 0) is 0 Å². The molecule has 0 aromatic carbocycles. The number of hydrogen-bond donors (Lipinski definition) is 1. The van der Waals surface area contributed by atoms with Crippen molar-refractivity contribution in [1.82, 2.24) is 0 Å². The summed E-state index contributed by atoms with van der Waals surface area (Å²) in [4.78, 5) is 0. The monoisotopic (exact) mass is 362 g/mol. The molecular weight excluding hydrogens is 320 g/mol. The van der Waals surface area contributed by atoms with Crippen molar-refractivity contribution in [2.75, 3.05) is 0 Å². The van der Waals surface area contributed by atoms with Gasteiger partial charge in [-0.25, -0.2) is 0 Å². The molecule has 0 aliphatic carbocycles. The second-order valence-electron chi connectivity index (χ2n) is 8.34. The molecule has 0 fully saturated rings. The lowest BCUT2D eigenvalue weighted by molar-refractivity contribution is 0.217. The summed E-state index contributed by atoms with van der Waals surface area (Å²) >= 11 is 0. The van der Waals surface area contributed by atoms with Crippen LogP contribution in [0.3, 0.4) is 0 Å². The molecule has 2 heteroatoms. The molecule has 1 atom stereocenters. The number of rotatable bonds is 11. The van der Waals surface area contributed by atoms with E-state index in [2.05, 4.69) is 71.8 Å². The first-order chi connectivity index (χ1) is 11.8. The van der Waals surface area contributed by atoms with Crippen LogP contribution in [0.2, 0.25) is 16.6 Å². The van der Waals surface area contributed by atoms with Gasteiger partial charge in [-0.3, -0.25) is 0 Å². The third-order valence-electron chi connectivity index (χ3n) is 5.53. The molecule has 0 rings (SSSR count). The first kappa shape index (κ1) is 24.3. The Morgan fingerprint density at radius 1 is 0.720 bits per heavy atom. The summed E-state index contributed by atoms with van der Waals surface area (Å²) in [6.07, 6.45) is 9.14. The Balaban J connectivity index is 4.46. The minimum absolute atomic E-state index is 0.516. The first-order valence-electron chi connectivity index (χ1n) is 10.5. The molecular formula is C23H42OSi. The highest BCUT2D eigenvalue weighted by molar-refractivity contribution is 6.90. The largest absolute Gasteiger partial charge is 0.380 e. The van der Waals surface area contributed by atoms with Gasteiger partial charge >= 0.3 is 0 Å². The van der Waals surface area contributed by atoms with Gasteiger partial charge in [0.05, 0.1) is 0 Å². The molecule has 1 unspecified atom stereocenters. The zero-order valence-corrected chi connectivity index (χ0v) is 18.9. The molecule has 0 heterocycles. The van der Waals surface area contributed by atoms with Crippen molar-refractivity contribution >= 4 is 8.07 Å². The zero-order valence-electron chi connectivity index (χ0n) is 17.9. The van der Waals surface area contributed by atoms with E-state index in [9.17, 15) is 5.11 Å². The van der Waals surface area contributed by atoms with Crippen molar-refractivity contribution < 1.29 is 5.11 Å². The number of hydrogen-bond acceptors (Lipinski definition) is 1. The topological polar surface area (TPSA) is 20.2 Å². The van der Waals surface area contributed by atoms with Crippen LogP contribution >= 0.6 is 0 Å². The fourth-order valence-corrected chi connectivity index (χ4v) is 9.20. The Morgan fingerprint density at radius 2 is 1.20 bits per heavy atom. The summed E-state index contributed by atoms with van der Waals surface area (Å²) < 4.78 is 0. The van der Waals surface area contributed by atoms with Gasteiger partial charge in [-0.15, -0.1) is 5.54 Å². The Labute approximate surface area is 159 Å². The van der Waals surface area contributed by atoms with Crippen LogP contribution in [0.1, 0.15) is 99.8 Å². The summed E-state index contributed by atoms with van der Waals surface area (Å²) in [5.41, 5.74) is 5.46. The predicted molar refractivity (Wildman–Crippen MR) is 115 cm³/mol. The van der Waals surface area contributed by atoms with Gasteiger partial charge in [0, 0.05) is 0 Å². The van der Waals surface area contributed by atoms with E-state index in [4.69, 9.17) is 0 Å². The van der Waals surface area contributed by atoms with E-state index in [1.165, 1.54) is 38.5 Å². The van der Waals surface area contributed by atoms with E-state index in [1.807, 2.05) is 0 Å². The van der Waals surface area contributed by atoms with Crippen LogP contribution in [0.5, 0.6) is 0 Å². The third-order valence-corrected chi connectivity index (χ3v) is 11.8. The highest BCUT2D eigenvalue weighted by Gasteiger charge is 2.41. The van der Waals surface area contributed by atoms with Crippen LogP contribution in [0.15, 0.2) is 0 Å². The molecule has 0 aliphatic rings. The second-order valence-corrected chi connectivity index (χ2v) is 13.9. The van der Waals surface area contributed by atoms with Gasteiger partial charge < -0.3 is 5.11 Å². The van der Waals surface area contributed by atoms with Gasteiger partial charge in [0.15, 0.2) is 0 Å². The van der Waals surface area contributed by atoms with E-state index < -0.39 is 14.2 Å². The lowest BCUT2D eigenvalue weighted by Crippen LogP contribution is -2.43. The Bertz CT molecular complexity index is 434. The van der Waals surface area contributed by atoms with Crippen molar-refractivity contribution in [2.24, 2.45) is 0 Å². The van der Waals surface area contributed by atoms with Crippen molar-refractivity contribution in [3.8, 4) is 23.3 Å². The van der Waals surface area contributed by atoms with Crippen molar-refractivity contribution in [3.05, 3.63) is 0 Å². The van der Waals surface area contributed by atoms with Gasteiger partial charge in [0.25, 0.3) is 0 Å². The van der Waals surface area contributed by atoms with E-state index in [1.54, 1.807) is 0 Å². The predicted octanol–water partition coefficient (Wildman–Crippen LogP) is 6.71. The molecule has 0 aliphatic heterocycles. The SMILES string of the molecule is CCCCCCCCCC(O)C#CC#C[Si](C(C)C)(C(C)C)C(C)C. The molecule has 0 aromatic heterocycles. The fraction of sp³-hybridized carbons (Fsp3) is 0.826. The minimum Gasteiger partial charge on any atom is -0.380 e. The summed E-state index contributed by atoms with van der Waals surface area (Å²) in [7, 11) is -1.69. The minimum atomic E-state index is -1.69. The van der Waals surface area contributed by atoms with Crippen LogP contribution in [0.4, 0.5) is 0 Å². The van der Waals surface area contributed by atoms with E-state index in [0.29, 0.717) is 16.6 Å². The zero-order chi connectivity index (χ0) is 19.3. The molecule has 0 saturated heterocycles. The van der Waals surface area contributed by atoms with Gasteiger partial charge in [-0.05, 0) is 41.3 Å². The molecule has 0 radical (unpaired) electrons. The summed E-state index contributed by atoms with van der Waals surface area (Å²) in [6.45, 7) is 16.1. The Hall–Kier alpha value is -0.703. The Morgan fingerprint density at radius 3 is 1.68 bits per heavy atom. The van der Waals surface area contributed by atoms with Crippen LogP contribution < -0.4 is 0 Å². The highest BCUT2D eigenvalue weighted by Crippen LogP contribution is 2.40. The molecule has 0 aromatic rings. The highest BCUT2D eigenvalue weighted by atomic mass is 28.3. The average molecular weight is 363 g/mol. The normalized spacial score (nSPS) is 12.8. The molecule has 0 saturated carbocycles. The molecule has 0 amide bonds. The van der Waals surface area contributed by atoms with Crippen LogP contribution in [-0.4, -0.2) is 19.3 Å². The van der Waals surface area contributed by atoms with E-state index in [0.717, 1.165) is 12.8 Å². The van der Waals surface area contributed by atoms with Crippen molar-refractivity contribution in [1.29, 1.82) is 0 Å². The summed E-state index contributed by atoms with van der Waals surface area (Å²) in [5.74, 6) is 9.00. The fourth-order valence-electron chi connectivity index (χ4n) is 4.06. The van der Waals surface area contributed by atoms with Crippen molar-refractivity contribution in [2.45, 2.75) is 123 Å². The standard InChI is InChI=1S/C23H42OSi/c1-8-9-10-11-12-13-14-17-23(24)18-15-16-19-25(20(2)3,21(4)5)22(6)7/h20-24H,8-14,17H2,1-7H3.